The Bertz CT molecular complexity index is 623. The molecule has 0 radical (unpaired) electrons. The van der Waals surface area contributed by atoms with Crippen molar-refractivity contribution in [2.24, 2.45) is 5.41 Å². The minimum absolute atomic E-state index is 0.0403. The SMILES string of the molecule is C[C@@]1(CO)CCCN(S(=O)(=O)Cc2ccc(F)c(Cl)c2)C1. The molecule has 1 N–H and O–H groups in total. The normalized spacial score (nSPS) is 24.2. The fourth-order valence-corrected chi connectivity index (χ4v) is 4.47. The second-order valence-electron chi connectivity index (χ2n) is 5.91. The van der Waals surface area contributed by atoms with E-state index in [2.05, 4.69) is 0 Å². The first-order valence-corrected chi connectivity index (χ1v) is 8.77. The molecule has 4 nitrogen and oxygen atoms in total. The number of sulfonamides is 1. The van der Waals surface area contributed by atoms with E-state index in [1.807, 2.05) is 6.92 Å². The molecule has 1 fully saturated rings. The molecule has 0 saturated carbocycles. The molecule has 0 bridgehead atoms. The lowest BCUT2D eigenvalue weighted by molar-refractivity contribution is 0.0810. The summed E-state index contributed by atoms with van der Waals surface area (Å²) >= 11 is 5.68. The van der Waals surface area contributed by atoms with E-state index in [-0.39, 0.29) is 17.4 Å². The van der Waals surface area contributed by atoms with Gasteiger partial charge >= 0.3 is 0 Å². The number of benzene rings is 1. The summed E-state index contributed by atoms with van der Waals surface area (Å²) in [6.07, 6.45) is 1.53. The van der Waals surface area contributed by atoms with Crippen LogP contribution in [-0.2, 0) is 15.8 Å². The van der Waals surface area contributed by atoms with Crippen molar-refractivity contribution in [1.82, 2.24) is 4.31 Å². The Labute approximate surface area is 129 Å². The maximum atomic E-state index is 13.1. The zero-order valence-electron chi connectivity index (χ0n) is 11.8. The first-order valence-electron chi connectivity index (χ1n) is 6.78. The van der Waals surface area contributed by atoms with Crippen LogP contribution >= 0.6 is 11.6 Å². The quantitative estimate of drug-likeness (QED) is 0.919. The summed E-state index contributed by atoms with van der Waals surface area (Å²) < 4.78 is 39.4. The highest BCUT2D eigenvalue weighted by Crippen LogP contribution is 2.31. The van der Waals surface area contributed by atoms with E-state index in [1.165, 1.54) is 22.5 Å². The highest BCUT2D eigenvalue weighted by atomic mass is 35.5. The van der Waals surface area contributed by atoms with Crippen LogP contribution in [0.15, 0.2) is 18.2 Å². The summed E-state index contributed by atoms with van der Waals surface area (Å²) in [7, 11) is -3.51. The molecular weight excluding hydrogens is 317 g/mol. The Kier molecular flexibility index (Phi) is 4.92. The van der Waals surface area contributed by atoms with Crippen molar-refractivity contribution in [3.63, 3.8) is 0 Å². The third kappa shape index (κ3) is 3.94. The van der Waals surface area contributed by atoms with Crippen LogP contribution < -0.4 is 0 Å². The smallest absolute Gasteiger partial charge is 0.218 e. The number of aliphatic hydroxyl groups excluding tert-OH is 1. The Morgan fingerprint density at radius 2 is 2.19 bits per heavy atom. The first kappa shape index (κ1) is 16.7. The highest BCUT2D eigenvalue weighted by molar-refractivity contribution is 7.88. The molecule has 0 aromatic heterocycles. The molecule has 0 amide bonds. The number of hydrogen-bond acceptors (Lipinski definition) is 3. The zero-order valence-corrected chi connectivity index (χ0v) is 13.4. The summed E-state index contributed by atoms with van der Waals surface area (Å²) in [5.74, 6) is -0.780. The Morgan fingerprint density at radius 3 is 2.81 bits per heavy atom. The van der Waals surface area contributed by atoms with Crippen LogP contribution in [0.4, 0.5) is 4.39 Å². The van der Waals surface area contributed by atoms with Crippen molar-refractivity contribution in [3.8, 4) is 0 Å². The van der Waals surface area contributed by atoms with E-state index >= 15 is 0 Å². The van der Waals surface area contributed by atoms with Gasteiger partial charge in [0.2, 0.25) is 10.0 Å². The molecule has 0 aliphatic carbocycles. The molecule has 1 heterocycles. The molecule has 1 aromatic rings. The van der Waals surface area contributed by atoms with Crippen LogP contribution in [-0.4, -0.2) is 37.5 Å². The molecule has 1 aliphatic heterocycles. The van der Waals surface area contributed by atoms with Gasteiger partial charge in [-0.2, -0.15) is 0 Å². The standard InChI is InChI=1S/C14H19ClFNO3S/c1-14(10-18)5-2-6-17(9-14)21(19,20)8-11-3-4-13(16)12(15)7-11/h3-4,7,18H,2,5-6,8-10H2,1H3/t14-/m1/s1. The summed E-state index contributed by atoms with van der Waals surface area (Å²) in [6.45, 7) is 2.60. The van der Waals surface area contributed by atoms with Gasteiger partial charge in [-0.15, -0.1) is 0 Å². The van der Waals surface area contributed by atoms with Crippen LogP contribution in [0.2, 0.25) is 5.02 Å². The maximum absolute atomic E-state index is 13.1. The molecule has 0 spiro atoms. The van der Waals surface area contributed by atoms with E-state index in [9.17, 15) is 17.9 Å². The van der Waals surface area contributed by atoms with Gasteiger partial charge in [-0.3, -0.25) is 0 Å². The average Bonchev–Trinajstić information content (AvgIpc) is 2.43. The first-order chi connectivity index (χ1) is 9.76. The fourth-order valence-electron chi connectivity index (χ4n) is 2.56. The van der Waals surface area contributed by atoms with Gasteiger partial charge in [0.15, 0.2) is 0 Å². The predicted octanol–water partition coefficient (Wildman–Crippen LogP) is 2.40. The van der Waals surface area contributed by atoms with E-state index in [1.54, 1.807) is 0 Å². The summed E-state index contributed by atoms with van der Waals surface area (Å²) in [5, 5.41) is 9.33. The van der Waals surface area contributed by atoms with Crippen molar-refractivity contribution in [1.29, 1.82) is 0 Å². The lowest BCUT2D eigenvalue weighted by Gasteiger charge is -2.38. The van der Waals surface area contributed by atoms with Gasteiger partial charge in [0.05, 0.1) is 10.8 Å². The zero-order chi connectivity index (χ0) is 15.7. The van der Waals surface area contributed by atoms with Gasteiger partial charge in [-0.1, -0.05) is 24.6 Å². The minimum atomic E-state index is -3.51. The molecule has 1 aliphatic rings. The fraction of sp³-hybridized carbons (Fsp3) is 0.571. The Hall–Kier alpha value is -0.690. The van der Waals surface area contributed by atoms with Crippen LogP contribution in [0.5, 0.6) is 0 Å². The third-order valence-electron chi connectivity index (χ3n) is 3.85. The number of aliphatic hydroxyl groups is 1. The Morgan fingerprint density at radius 1 is 1.48 bits per heavy atom. The molecule has 1 atom stereocenters. The largest absolute Gasteiger partial charge is 0.396 e. The topological polar surface area (TPSA) is 57.6 Å². The van der Waals surface area contributed by atoms with Gasteiger partial charge in [0.1, 0.15) is 5.82 Å². The van der Waals surface area contributed by atoms with E-state index in [0.29, 0.717) is 18.7 Å². The molecule has 0 unspecified atom stereocenters. The number of rotatable bonds is 4. The molecule has 7 heteroatoms. The lowest BCUT2D eigenvalue weighted by atomic mass is 9.84. The summed E-state index contributed by atoms with van der Waals surface area (Å²) in [5.41, 5.74) is 0.0591. The van der Waals surface area contributed by atoms with Crippen molar-refractivity contribution in [2.45, 2.75) is 25.5 Å². The number of nitrogens with zero attached hydrogens (tertiary/aromatic N) is 1. The molecule has 1 saturated heterocycles. The maximum Gasteiger partial charge on any atom is 0.218 e. The third-order valence-corrected chi connectivity index (χ3v) is 5.94. The van der Waals surface area contributed by atoms with Crippen molar-refractivity contribution in [2.75, 3.05) is 19.7 Å². The number of halogens is 2. The monoisotopic (exact) mass is 335 g/mol. The van der Waals surface area contributed by atoms with Crippen LogP contribution in [0, 0.1) is 11.2 Å². The van der Waals surface area contributed by atoms with Gasteiger partial charge in [0, 0.05) is 25.1 Å². The van der Waals surface area contributed by atoms with Crippen LogP contribution in [0.1, 0.15) is 25.3 Å². The highest BCUT2D eigenvalue weighted by Gasteiger charge is 2.35. The van der Waals surface area contributed by atoms with Gasteiger partial charge < -0.3 is 5.11 Å². The molecule has 118 valence electrons. The molecular formula is C14H19ClFNO3S. The van der Waals surface area contributed by atoms with Crippen molar-refractivity contribution >= 4 is 21.6 Å². The second-order valence-corrected chi connectivity index (χ2v) is 8.29. The van der Waals surface area contributed by atoms with Crippen LogP contribution in [0.3, 0.4) is 0 Å². The molecule has 2 rings (SSSR count). The van der Waals surface area contributed by atoms with E-state index < -0.39 is 21.3 Å². The van der Waals surface area contributed by atoms with Gasteiger partial charge in [-0.05, 0) is 30.5 Å². The molecule has 21 heavy (non-hydrogen) atoms. The van der Waals surface area contributed by atoms with Gasteiger partial charge in [0.25, 0.3) is 0 Å². The Balaban J connectivity index is 2.16. The van der Waals surface area contributed by atoms with Crippen molar-refractivity contribution < 1.29 is 17.9 Å². The van der Waals surface area contributed by atoms with Crippen molar-refractivity contribution in [3.05, 3.63) is 34.6 Å². The molecule has 1 aromatic carbocycles. The van der Waals surface area contributed by atoms with E-state index in [0.717, 1.165) is 12.8 Å². The predicted molar refractivity (Wildman–Crippen MR) is 80.0 cm³/mol. The van der Waals surface area contributed by atoms with Gasteiger partial charge in [-0.25, -0.2) is 17.1 Å². The number of hydrogen-bond donors (Lipinski definition) is 1. The number of piperidine rings is 1. The summed E-state index contributed by atoms with van der Waals surface area (Å²) in [6, 6.07) is 3.93. The van der Waals surface area contributed by atoms with E-state index in [4.69, 9.17) is 11.6 Å². The lowest BCUT2D eigenvalue weighted by Crippen LogP contribution is -2.46. The average molecular weight is 336 g/mol. The summed E-state index contributed by atoms with van der Waals surface area (Å²) in [4.78, 5) is 0. The van der Waals surface area contributed by atoms with Crippen LogP contribution in [0.25, 0.3) is 0 Å². The minimum Gasteiger partial charge on any atom is -0.396 e. The second kappa shape index (κ2) is 6.20.